The second-order valence-electron chi connectivity index (χ2n) is 21.9. The minimum absolute atomic E-state index is 0.0436. The molecule has 0 rings (SSSR count). The molecule has 5 atom stereocenters. The highest BCUT2D eigenvalue weighted by molar-refractivity contribution is 5.69. The summed E-state index contributed by atoms with van der Waals surface area (Å²) >= 11 is 0. The number of likely N-dealkylation sites (N-methyl/N-ethyl adjacent to an activating group) is 1. The third-order valence-electron chi connectivity index (χ3n) is 13.6. The molecule has 2 unspecified atom stereocenters. The van der Waals surface area contributed by atoms with Crippen LogP contribution in [-0.2, 0) is 14.3 Å². The molecule has 0 bridgehead atoms. The molecule has 0 aromatic heterocycles. The van der Waals surface area contributed by atoms with Crippen molar-refractivity contribution < 1.29 is 14.3 Å². The molecule has 5 nitrogen and oxygen atoms in total. The third kappa shape index (κ3) is 44.1. The molecule has 0 fully saturated rings. The molecule has 0 spiro atoms. The Morgan fingerprint density at radius 3 is 1.34 bits per heavy atom. The van der Waals surface area contributed by atoms with Crippen LogP contribution in [0.25, 0.3) is 0 Å². The lowest BCUT2D eigenvalue weighted by atomic mass is 9.91. The average molecular weight is 862 g/mol. The molecule has 0 saturated carbocycles. The van der Waals surface area contributed by atoms with E-state index >= 15 is 0 Å². The zero-order valence-electron chi connectivity index (χ0n) is 43.8. The van der Waals surface area contributed by atoms with Crippen LogP contribution in [0, 0.1) is 41.4 Å². The van der Waals surface area contributed by atoms with Gasteiger partial charge in [0.1, 0.15) is 6.61 Å². The highest BCUT2D eigenvalue weighted by Crippen LogP contribution is 2.24. The maximum Gasteiger partial charge on any atom is 0.306 e. The number of esters is 1. The van der Waals surface area contributed by atoms with Gasteiger partial charge >= 0.3 is 5.97 Å². The Balaban J connectivity index is 3.94. The highest BCUT2D eigenvalue weighted by Gasteiger charge is 2.11. The van der Waals surface area contributed by atoms with Crippen LogP contribution in [0.1, 0.15) is 243 Å². The molecule has 0 aliphatic heterocycles. The van der Waals surface area contributed by atoms with E-state index in [0.29, 0.717) is 13.0 Å². The van der Waals surface area contributed by atoms with Gasteiger partial charge in [0.05, 0.1) is 0 Å². The Morgan fingerprint density at radius 2 is 0.869 bits per heavy atom. The number of unbranched alkanes of at least 4 members (excludes halogenated alkanes) is 5. The van der Waals surface area contributed by atoms with Gasteiger partial charge in [-0.05, 0) is 127 Å². The summed E-state index contributed by atoms with van der Waals surface area (Å²) in [4.78, 5) is 17.3. The number of hydrogen-bond donors (Lipinski definition) is 0. The van der Waals surface area contributed by atoms with E-state index in [0.717, 1.165) is 100.0 Å². The Morgan fingerprint density at radius 1 is 0.443 bits per heavy atom. The third-order valence-corrected chi connectivity index (χ3v) is 13.6. The van der Waals surface area contributed by atoms with E-state index in [-0.39, 0.29) is 5.97 Å². The molecule has 0 aromatic rings. The van der Waals surface area contributed by atoms with Gasteiger partial charge in [0, 0.05) is 32.7 Å². The van der Waals surface area contributed by atoms with Gasteiger partial charge in [0.15, 0.2) is 0 Å². The van der Waals surface area contributed by atoms with Crippen molar-refractivity contribution in [3.05, 3.63) is 11.6 Å². The Kier molecular flexibility index (Phi) is 41.1. The van der Waals surface area contributed by atoms with Crippen LogP contribution < -0.4 is 0 Å². The van der Waals surface area contributed by atoms with Gasteiger partial charge in [-0.3, -0.25) is 4.79 Å². The fourth-order valence-corrected chi connectivity index (χ4v) is 8.83. The predicted octanol–water partition coefficient (Wildman–Crippen LogP) is 16.4. The standard InChI is InChI=1S/C56H112N2O3/c1-48(2)26-20-28-50(5)30-22-32-52(7)34-24-36-54(9)39-46-60-45-19-14-13-17-41-58(44-43-57(11)12)42-18-15-16-38-56(59)61-47-40-55(10)37-25-35-53(8)33-23-31-51(6)29-21-27-49(3)4/h40,48-54H,13-39,41-47H2,1-12H3/b55-40+/t50-,51-,52?,53?,54-/m1/s1. The van der Waals surface area contributed by atoms with Crippen LogP contribution in [0.15, 0.2) is 11.6 Å². The summed E-state index contributed by atoms with van der Waals surface area (Å²) in [6, 6.07) is 0. The lowest BCUT2D eigenvalue weighted by molar-refractivity contribution is -0.142. The molecule has 0 aliphatic rings. The summed E-state index contributed by atoms with van der Waals surface area (Å²) in [6.45, 7) is 30.6. The Labute approximate surface area is 384 Å². The molecule has 364 valence electrons. The maximum atomic E-state index is 12.4. The molecule has 0 N–H and O–H groups in total. The fourth-order valence-electron chi connectivity index (χ4n) is 8.83. The molecular weight excluding hydrogens is 749 g/mol. The van der Waals surface area contributed by atoms with Gasteiger partial charge in [-0.2, -0.15) is 0 Å². The molecule has 61 heavy (non-hydrogen) atoms. The van der Waals surface area contributed by atoms with Crippen molar-refractivity contribution in [3.8, 4) is 0 Å². The number of rotatable bonds is 45. The quantitative estimate of drug-likeness (QED) is 0.0347. The van der Waals surface area contributed by atoms with Crippen LogP contribution in [0.5, 0.6) is 0 Å². The predicted molar refractivity (Wildman–Crippen MR) is 271 cm³/mol. The summed E-state index contributed by atoms with van der Waals surface area (Å²) in [5.74, 6) is 5.89. The van der Waals surface area contributed by atoms with E-state index in [9.17, 15) is 4.79 Å². The van der Waals surface area contributed by atoms with Gasteiger partial charge in [0.2, 0.25) is 0 Å². The zero-order chi connectivity index (χ0) is 45.5. The number of carbonyl (C=O) groups excluding carboxylic acids is 1. The second-order valence-corrected chi connectivity index (χ2v) is 21.9. The van der Waals surface area contributed by atoms with Crippen molar-refractivity contribution in [1.29, 1.82) is 0 Å². The molecule has 0 radical (unpaired) electrons. The lowest BCUT2D eigenvalue weighted by Gasteiger charge is -2.24. The smallest absolute Gasteiger partial charge is 0.306 e. The maximum absolute atomic E-state index is 12.4. The van der Waals surface area contributed by atoms with E-state index in [4.69, 9.17) is 9.47 Å². The number of ether oxygens (including phenoxy) is 2. The lowest BCUT2D eigenvalue weighted by Crippen LogP contribution is -2.33. The first-order valence-electron chi connectivity index (χ1n) is 26.9. The SMILES string of the molecule is C/C(=C\COC(=O)CCCCCN(CCCCCCOCC[C@H](C)CCCC(C)CCC[C@H](C)CCCC(C)C)CCN(C)C)CCCC(C)CCC[C@H](C)CCCC(C)C. The molecule has 0 aromatic carbocycles. The van der Waals surface area contributed by atoms with Crippen molar-refractivity contribution in [2.24, 2.45) is 41.4 Å². The van der Waals surface area contributed by atoms with Crippen molar-refractivity contribution in [2.45, 2.75) is 243 Å². The van der Waals surface area contributed by atoms with Gasteiger partial charge in [-0.15, -0.1) is 0 Å². The minimum Gasteiger partial charge on any atom is -0.461 e. The van der Waals surface area contributed by atoms with Crippen LogP contribution >= 0.6 is 0 Å². The van der Waals surface area contributed by atoms with E-state index < -0.39 is 0 Å². The zero-order valence-corrected chi connectivity index (χ0v) is 43.8. The largest absolute Gasteiger partial charge is 0.461 e. The number of carbonyl (C=O) groups is 1. The van der Waals surface area contributed by atoms with E-state index in [2.05, 4.69) is 99.2 Å². The highest BCUT2D eigenvalue weighted by atomic mass is 16.5. The molecule has 5 heteroatoms. The van der Waals surface area contributed by atoms with Crippen LogP contribution in [-0.4, -0.2) is 75.9 Å². The van der Waals surface area contributed by atoms with E-state index in [1.165, 1.54) is 153 Å². The van der Waals surface area contributed by atoms with Gasteiger partial charge in [0.25, 0.3) is 0 Å². The monoisotopic (exact) mass is 861 g/mol. The van der Waals surface area contributed by atoms with Crippen LogP contribution in [0.4, 0.5) is 0 Å². The number of nitrogens with zero attached hydrogens (tertiary/aromatic N) is 2. The summed E-state index contributed by atoms with van der Waals surface area (Å²) in [7, 11) is 4.33. The molecule has 0 aliphatic carbocycles. The minimum atomic E-state index is -0.0436. The van der Waals surface area contributed by atoms with Crippen molar-refractivity contribution >= 4 is 5.97 Å². The first kappa shape index (κ1) is 60.1. The molecule has 0 saturated heterocycles. The van der Waals surface area contributed by atoms with E-state index in [1.54, 1.807) is 0 Å². The second kappa shape index (κ2) is 41.8. The van der Waals surface area contributed by atoms with Crippen molar-refractivity contribution in [1.82, 2.24) is 9.80 Å². The first-order chi connectivity index (χ1) is 29.2. The number of hydrogen-bond acceptors (Lipinski definition) is 5. The average Bonchev–Trinajstić information content (AvgIpc) is 3.18. The van der Waals surface area contributed by atoms with Crippen LogP contribution in [0.3, 0.4) is 0 Å². The normalized spacial score (nSPS) is 15.0. The molecule has 0 amide bonds. The summed E-state index contributed by atoms with van der Waals surface area (Å²) in [5.41, 5.74) is 1.36. The summed E-state index contributed by atoms with van der Waals surface area (Å²) in [6.07, 6.45) is 36.6. The molecule has 0 heterocycles. The Bertz CT molecular complexity index is 979. The van der Waals surface area contributed by atoms with Gasteiger partial charge < -0.3 is 19.3 Å². The Hall–Kier alpha value is -0.910. The fraction of sp³-hybridized carbons (Fsp3) is 0.946. The first-order valence-corrected chi connectivity index (χ1v) is 26.9. The van der Waals surface area contributed by atoms with Crippen molar-refractivity contribution in [2.75, 3.05) is 60.1 Å². The number of allylic oxidation sites excluding steroid dienone is 1. The summed E-state index contributed by atoms with van der Waals surface area (Å²) < 4.78 is 11.6. The van der Waals surface area contributed by atoms with Gasteiger partial charge in [-0.1, -0.05) is 190 Å². The van der Waals surface area contributed by atoms with E-state index in [1.807, 2.05) is 0 Å². The van der Waals surface area contributed by atoms with Gasteiger partial charge in [-0.25, -0.2) is 0 Å². The van der Waals surface area contributed by atoms with Crippen LogP contribution in [0.2, 0.25) is 0 Å². The summed E-state index contributed by atoms with van der Waals surface area (Å²) in [5, 5.41) is 0. The topological polar surface area (TPSA) is 42.0 Å². The van der Waals surface area contributed by atoms with Crippen molar-refractivity contribution in [3.63, 3.8) is 0 Å². The molecular formula is C56H112N2O3.